The fraction of sp³-hybridized carbons (Fsp3) is 0.174. The number of nitriles is 1. The summed E-state index contributed by atoms with van der Waals surface area (Å²) in [4.78, 5) is -0.481. The Labute approximate surface area is 188 Å². The Kier molecular flexibility index (Phi) is 5.68. The standard InChI is InChI=1S/C23H17F3N2O4S/c1-31-21-7-2-4-16(14-27)22(21)15-8-9-20-19(12-15)28(10-11-32-20)33(29,30)18-6-3-5-17(13-18)23(24,25)26/h2-9,12-13H,10-11H2,1H3. The summed E-state index contributed by atoms with van der Waals surface area (Å²) in [6.07, 6.45) is -4.68. The van der Waals surface area contributed by atoms with Crippen molar-refractivity contribution in [1.82, 2.24) is 0 Å². The van der Waals surface area contributed by atoms with Crippen molar-refractivity contribution in [2.45, 2.75) is 11.1 Å². The summed E-state index contributed by atoms with van der Waals surface area (Å²) in [5, 5.41) is 9.53. The minimum absolute atomic E-state index is 0.0304. The minimum Gasteiger partial charge on any atom is -0.496 e. The van der Waals surface area contributed by atoms with E-state index in [1.807, 2.05) is 0 Å². The van der Waals surface area contributed by atoms with Gasteiger partial charge in [-0.1, -0.05) is 18.2 Å². The third-order valence-corrected chi connectivity index (χ3v) is 6.99. The average Bonchev–Trinajstić information content (AvgIpc) is 2.82. The molecule has 0 fully saturated rings. The first-order valence-corrected chi connectivity index (χ1v) is 11.1. The van der Waals surface area contributed by atoms with Crippen molar-refractivity contribution in [3.05, 3.63) is 71.8 Å². The molecule has 0 N–H and O–H groups in total. The Morgan fingerprint density at radius 3 is 2.55 bits per heavy atom. The Bertz CT molecular complexity index is 1360. The molecule has 3 aromatic rings. The topological polar surface area (TPSA) is 79.6 Å². The van der Waals surface area contributed by atoms with Crippen LogP contribution in [0, 0.1) is 11.3 Å². The summed E-state index contributed by atoms with van der Waals surface area (Å²) in [6, 6.07) is 15.4. The molecule has 0 saturated carbocycles. The van der Waals surface area contributed by atoms with Crippen molar-refractivity contribution in [1.29, 1.82) is 5.26 Å². The molecule has 0 saturated heterocycles. The molecule has 6 nitrogen and oxygen atoms in total. The third-order valence-electron chi connectivity index (χ3n) is 5.18. The van der Waals surface area contributed by atoms with E-state index in [4.69, 9.17) is 9.47 Å². The Hall–Kier alpha value is -3.71. The normalized spacial score (nSPS) is 13.6. The van der Waals surface area contributed by atoms with E-state index in [9.17, 15) is 26.9 Å². The second kappa shape index (κ2) is 8.33. The van der Waals surface area contributed by atoms with Crippen molar-refractivity contribution in [3.63, 3.8) is 0 Å². The summed E-state index contributed by atoms with van der Waals surface area (Å²) >= 11 is 0. The van der Waals surface area contributed by atoms with E-state index < -0.39 is 26.7 Å². The highest BCUT2D eigenvalue weighted by atomic mass is 32.2. The number of sulfonamides is 1. The Morgan fingerprint density at radius 1 is 1.09 bits per heavy atom. The molecule has 1 aliphatic heterocycles. The van der Waals surface area contributed by atoms with Gasteiger partial charge in [0, 0.05) is 5.56 Å². The molecule has 0 atom stereocenters. The zero-order valence-corrected chi connectivity index (χ0v) is 18.1. The van der Waals surface area contributed by atoms with Crippen LogP contribution in [0.3, 0.4) is 0 Å². The number of methoxy groups -OCH3 is 1. The van der Waals surface area contributed by atoms with E-state index in [1.165, 1.54) is 13.2 Å². The van der Waals surface area contributed by atoms with E-state index in [2.05, 4.69) is 6.07 Å². The number of rotatable bonds is 4. The summed E-state index contributed by atoms with van der Waals surface area (Å²) < 4.78 is 78.1. The monoisotopic (exact) mass is 474 g/mol. The zero-order chi connectivity index (χ0) is 23.8. The molecule has 0 aliphatic carbocycles. The molecule has 4 rings (SSSR count). The van der Waals surface area contributed by atoms with Gasteiger partial charge in [0.2, 0.25) is 0 Å². The van der Waals surface area contributed by atoms with Gasteiger partial charge in [0.25, 0.3) is 10.0 Å². The molecule has 1 heterocycles. The molecule has 0 bridgehead atoms. The van der Waals surface area contributed by atoms with Crippen molar-refractivity contribution < 1.29 is 31.1 Å². The molecule has 10 heteroatoms. The number of ether oxygens (including phenoxy) is 2. The molecule has 33 heavy (non-hydrogen) atoms. The van der Waals surface area contributed by atoms with Gasteiger partial charge in [0.05, 0.1) is 41.4 Å². The van der Waals surface area contributed by atoms with Crippen LogP contribution in [0.5, 0.6) is 11.5 Å². The van der Waals surface area contributed by atoms with Gasteiger partial charge >= 0.3 is 6.18 Å². The van der Waals surface area contributed by atoms with Gasteiger partial charge < -0.3 is 9.47 Å². The number of hydrogen-bond acceptors (Lipinski definition) is 5. The number of hydrogen-bond donors (Lipinski definition) is 0. The molecule has 0 aromatic heterocycles. The van der Waals surface area contributed by atoms with Gasteiger partial charge in [0.15, 0.2) is 0 Å². The molecule has 0 radical (unpaired) electrons. The summed E-state index contributed by atoms with van der Waals surface area (Å²) in [5.41, 5.74) is 0.382. The largest absolute Gasteiger partial charge is 0.496 e. The van der Waals surface area contributed by atoms with Gasteiger partial charge in [-0.15, -0.1) is 0 Å². The maximum absolute atomic E-state index is 13.3. The minimum atomic E-state index is -4.68. The first-order chi connectivity index (χ1) is 15.7. The second-order valence-electron chi connectivity index (χ2n) is 7.13. The number of fused-ring (bicyclic) bond motifs is 1. The van der Waals surface area contributed by atoms with Crippen LogP contribution >= 0.6 is 0 Å². The van der Waals surface area contributed by atoms with Crippen LogP contribution in [-0.4, -0.2) is 28.7 Å². The van der Waals surface area contributed by atoms with E-state index in [0.29, 0.717) is 28.5 Å². The molecule has 0 unspecified atom stereocenters. The highest BCUT2D eigenvalue weighted by Gasteiger charge is 2.35. The second-order valence-corrected chi connectivity index (χ2v) is 8.99. The molecule has 1 aliphatic rings. The lowest BCUT2D eigenvalue weighted by Crippen LogP contribution is -2.38. The number of anilines is 1. The number of nitrogens with zero attached hydrogens (tertiary/aromatic N) is 2. The quantitative estimate of drug-likeness (QED) is 0.541. The maximum atomic E-state index is 13.3. The fourth-order valence-electron chi connectivity index (χ4n) is 3.65. The molecule has 3 aromatic carbocycles. The lowest BCUT2D eigenvalue weighted by atomic mass is 9.98. The third kappa shape index (κ3) is 4.07. The van der Waals surface area contributed by atoms with Crippen LogP contribution in [0.2, 0.25) is 0 Å². The highest BCUT2D eigenvalue weighted by Crippen LogP contribution is 2.42. The van der Waals surface area contributed by atoms with Crippen molar-refractivity contribution >= 4 is 15.7 Å². The molecular formula is C23H17F3N2O4S. The molecule has 0 spiro atoms. The van der Waals surface area contributed by atoms with E-state index in [1.54, 1.807) is 30.3 Å². The maximum Gasteiger partial charge on any atom is 0.416 e. The van der Waals surface area contributed by atoms with Crippen LogP contribution in [0.4, 0.5) is 18.9 Å². The predicted molar refractivity (Wildman–Crippen MR) is 115 cm³/mol. The lowest BCUT2D eigenvalue weighted by molar-refractivity contribution is -0.137. The Balaban J connectivity index is 1.85. The van der Waals surface area contributed by atoms with E-state index in [0.717, 1.165) is 22.5 Å². The summed E-state index contributed by atoms with van der Waals surface area (Å²) in [5.74, 6) is 0.673. The van der Waals surface area contributed by atoms with Gasteiger partial charge in [-0.3, -0.25) is 4.31 Å². The van der Waals surface area contributed by atoms with Crippen molar-refractivity contribution in [2.75, 3.05) is 24.6 Å². The first kappa shape index (κ1) is 22.5. The van der Waals surface area contributed by atoms with Crippen LogP contribution in [0.25, 0.3) is 11.1 Å². The first-order valence-electron chi connectivity index (χ1n) is 9.71. The van der Waals surface area contributed by atoms with Crippen molar-refractivity contribution in [2.24, 2.45) is 0 Å². The zero-order valence-electron chi connectivity index (χ0n) is 17.3. The van der Waals surface area contributed by atoms with Crippen molar-refractivity contribution in [3.8, 4) is 28.7 Å². The van der Waals surface area contributed by atoms with Crippen LogP contribution in [0.15, 0.2) is 65.6 Å². The number of halogens is 3. The van der Waals surface area contributed by atoms with Crippen LogP contribution in [-0.2, 0) is 16.2 Å². The Morgan fingerprint density at radius 2 is 1.85 bits per heavy atom. The summed E-state index contributed by atoms with van der Waals surface area (Å²) in [7, 11) is -2.88. The van der Waals surface area contributed by atoms with Gasteiger partial charge in [-0.05, 0) is 48.0 Å². The lowest BCUT2D eigenvalue weighted by Gasteiger charge is -2.31. The molecular weight excluding hydrogens is 457 g/mol. The average molecular weight is 474 g/mol. The number of alkyl halides is 3. The smallest absolute Gasteiger partial charge is 0.416 e. The fourth-order valence-corrected chi connectivity index (χ4v) is 5.15. The van der Waals surface area contributed by atoms with Gasteiger partial charge in [-0.2, -0.15) is 18.4 Å². The van der Waals surface area contributed by atoms with E-state index >= 15 is 0 Å². The molecule has 170 valence electrons. The molecule has 0 amide bonds. The van der Waals surface area contributed by atoms with Gasteiger partial charge in [-0.25, -0.2) is 8.42 Å². The number of benzene rings is 3. The van der Waals surface area contributed by atoms with Gasteiger partial charge in [0.1, 0.15) is 18.1 Å². The van der Waals surface area contributed by atoms with E-state index in [-0.39, 0.29) is 24.6 Å². The predicted octanol–water partition coefficient (Wildman–Crippen LogP) is 4.84. The highest BCUT2D eigenvalue weighted by molar-refractivity contribution is 7.92. The summed E-state index contributed by atoms with van der Waals surface area (Å²) in [6.45, 7) is -0.0608. The van der Waals surface area contributed by atoms with Crippen LogP contribution < -0.4 is 13.8 Å². The SMILES string of the molecule is COc1cccc(C#N)c1-c1ccc2c(c1)N(S(=O)(=O)c1cccc(C(F)(F)F)c1)CCO2. The van der Waals surface area contributed by atoms with Crippen LogP contribution in [0.1, 0.15) is 11.1 Å².